The summed E-state index contributed by atoms with van der Waals surface area (Å²) in [7, 11) is 0. The Hall–Kier alpha value is -1.84. The van der Waals surface area contributed by atoms with E-state index in [1.165, 1.54) is 36.8 Å². The van der Waals surface area contributed by atoms with Crippen molar-refractivity contribution in [2.24, 2.45) is 0 Å². The average molecular weight is 180 g/mol. The third kappa shape index (κ3) is 3.91. The lowest BCUT2D eigenvalue weighted by Crippen LogP contribution is -1.97. The Morgan fingerprint density at radius 2 is 1.23 bits per heavy atom. The van der Waals surface area contributed by atoms with Crippen LogP contribution in [0.5, 0.6) is 0 Å². The summed E-state index contributed by atoms with van der Waals surface area (Å²) in [5.74, 6) is -0.241. The van der Waals surface area contributed by atoms with Gasteiger partial charge in [0.05, 0.1) is 0 Å². The van der Waals surface area contributed by atoms with Crippen molar-refractivity contribution in [3.05, 3.63) is 36.8 Å². The summed E-state index contributed by atoms with van der Waals surface area (Å²) in [4.78, 5) is 20.6. The molecule has 68 valence electrons. The van der Waals surface area contributed by atoms with Crippen LogP contribution in [-0.2, 0) is 19.1 Å². The van der Waals surface area contributed by atoms with E-state index in [9.17, 15) is 9.59 Å². The summed E-state index contributed by atoms with van der Waals surface area (Å²) in [6.07, 6.45) is 8.04. The Morgan fingerprint density at radius 1 is 0.846 bits per heavy atom. The molecule has 4 heteroatoms. The highest BCUT2D eigenvalue weighted by molar-refractivity contribution is 6.14. The van der Waals surface area contributed by atoms with Gasteiger partial charge in [-0.2, -0.15) is 0 Å². The largest absolute Gasteiger partial charge is 0.462 e. The van der Waals surface area contributed by atoms with Gasteiger partial charge in [0.15, 0.2) is 11.6 Å². The number of carbonyl (C=O) groups excluding carboxylic acids is 2. The Kier molecular flexibility index (Phi) is 3.50. The summed E-state index contributed by atoms with van der Waals surface area (Å²) in [6, 6.07) is 0. The van der Waals surface area contributed by atoms with Crippen molar-refractivity contribution in [1.82, 2.24) is 0 Å². The summed E-state index contributed by atoms with van der Waals surface area (Å²) in [6.45, 7) is 0.389. The topological polar surface area (TPSA) is 52.6 Å². The van der Waals surface area contributed by atoms with Crippen molar-refractivity contribution in [1.29, 1.82) is 0 Å². The first-order chi connectivity index (χ1) is 6.29. The Labute approximate surface area is 75.1 Å². The Morgan fingerprint density at radius 3 is 1.46 bits per heavy atom. The third-order valence-electron chi connectivity index (χ3n) is 1.21. The molecule has 2 rings (SSSR count). The Bertz CT molecular complexity index is 242. The first kappa shape index (κ1) is 9.25. The number of ketones is 2. The number of hydrogen-bond donors (Lipinski definition) is 0. The van der Waals surface area contributed by atoms with Crippen LogP contribution >= 0.6 is 0 Å². The van der Waals surface area contributed by atoms with Gasteiger partial charge in [-0.1, -0.05) is 0 Å². The fourth-order valence-corrected chi connectivity index (χ4v) is 0.636. The molecule has 0 unspecified atom stereocenters. The fourth-order valence-electron chi connectivity index (χ4n) is 0.636. The van der Waals surface area contributed by atoms with E-state index in [4.69, 9.17) is 0 Å². The van der Waals surface area contributed by atoms with Gasteiger partial charge in [-0.15, -0.1) is 0 Å². The van der Waals surface area contributed by atoms with Crippen LogP contribution in [0.1, 0.15) is 0 Å². The number of hydrogen-bond acceptors (Lipinski definition) is 4. The van der Waals surface area contributed by atoms with Crippen LogP contribution in [-0.4, -0.2) is 18.4 Å². The van der Waals surface area contributed by atoms with Crippen LogP contribution in [0.3, 0.4) is 0 Å². The summed E-state index contributed by atoms with van der Waals surface area (Å²) in [5, 5.41) is 0. The molecule has 1 aliphatic carbocycles. The minimum absolute atomic E-state index is 0.121. The number of allylic oxidation sites excluding steroid dienone is 4. The highest BCUT2D eigenvalue weighted by Crippen LogP contribution is 1.90. The fraction of sp³-hybridized carbons (Fsp3) is 0.111. The molecule has 0 aromatic heterocycles. The van der Waals surface area contributed by atoms with E-state index in [0.29, 0.717) is 6.79 Å². The van der Waals surface area contributed by atoms with Gasteiger partial charge in [0.2, 0.25) is 6.79 Å². The van der Waals surface area contributed by atoms with Crippen LogP contribution in [0.2, 0.25) is 0 Å². The highest BCUT2D eigenvalue weighted by atomic mass is 16.7. The molecule has 0 spiro atoms. The van der Waals surface area contributed by atoms with Crippen LogP contribution in [0, 0.1) is 0 Å². The molecular weight excluding hydrogens is 172 g/mol. The number of ether oxygens (including phenoxy) is 2. The highest BCUT2D eigenvalue weighted by Gasteiger charge is 1.97. The van der Waals surface area contributed by atoms with Gasteiger partial charge in [-0.05, 0) is 24.3 Å². The van der Waals surface area contributed by atoms with Crippen LogP contribution in [0.25, 0.3) is 0 Å². The molecule has 0 radical (unpaired) electrons. The molecule has 4 nitrogen and oxygen atoms in total. The lowest BCUT2D eigenvalue weighted by molar-refractivity contribution is -0.113. The zero-order valence-corrected chi connectivity index (χ0v) is 6.80. The molecule has 0 saturated carbocycles. The molecule has 13 heavy (non-hydrogen) atoms. The van der Waals surface area contributed by atoms with Gasteiger partial charge >= 0.3 is 0 Å². The minimum Gasteiger partial charge on any atom is -0.462 e. The second-order valence-corrected chi connectivity index (χ2v) is 2.19. The predicted molar refractivity (Wildman–Crippen MR) is 44.5 cm³/mol. The molecule has 0 atom stereocenters. The van der Waals surface area contributed by atoms with Gasteiger partial charge < -0.3 is 9.47 Å². The number of rotatable bonds is 0. The van der Waals surface area contributed by atoms with E-state index in [1.54, 1.807) is 0 Å². The average Bonchev–Trinajstić information content (AvgIpc) is 2.68. The molecule has 0 aromatic rings. The number of carbonyl (C=O) groups is 2. The minimum atomic E-state index is -0.121. The van der Waals surface area contributed by atoms with Crippen molar-refractivity contribution >= 4 is 11.6 Å². The third-order valence-corrected chi connectivity index (χ3v) is 1.21. The normalized spacial score (nSPS) is 17.5. The molecule has 0 bridgehead atoms. The standard InChI is InChI=1S/C6H4O2.C3H4O2/c7-5-1-2-6(8)4-3-5;1-2-5-3-4-1/h1-4H;1-2H,3H2. The van der Waals surface area contributed by atoms with Gasteiger partial charge in [-0.25, -0.2) is 0 Å². The predicted octanol–water partition coefficient (Wildman–Crippen LogP) is 0.712. The van der Waals surface area contributed by atoms with Crippen molar-refractivity contribution in [3.8, 4) is 0 Å². The van der Waals surface area contributed by atoms with E-state index in [1.807, 2.05) is 0 Å². The molecule has 0 amide bonds. The Balaban J connectivity index is 0.000000145. The van der Waals surface area contributed by atoms with Crippen molar-refractivity contribution < 1.29 is 19.1 Å². The summed E-state index contributed by atoms with van der Waals surface area (Å²) < 4.78 is 9.08. The first-order valence-corrected chi connectivity index (χ1v) is 3.61. The SMILES string of the molecule is C1=COCO1.O=C1C=CC(=O)C=C1. The summed E-state index contributed by atoms with van der Waals surface area (Å²) >= 11 is 0. The maximum Gasteiger partial charge on any atom is 0.229 e. The molecular formula is C9H8O4. The van der Waals surface area contributed by atoms with E-state index < -0.39 is 0 Å². The van der Waals surface area contributed by atoms with E-state index in [2.05, 4.69) is 9.47 Å². The van der Waals surface area contributed by atoms with Crippen LogP contribution < -0.4 is 0 Å². The van der Waals surface area contributed by atoms with Crippen molar-refractivity contribution in [2.75, 3.05) is 6.79 Å². The van der Waals surface area contributed by atoms with Crippen LogP contribution in [0.15, 0.2) is 36.8 Å². The maximum atomic E-state index is 10.3. The molecule has 0 saturated heterocycles. The summed E-state index contributed by atoms with van der Waals surface area (Å²) in [5.41, 5.74) is 0. The van der Waals surface area contributed by atoms with E-state index in [0.717, 1.165) is 0 Å². The second kappa shape index (κ2) is 4.92. The first-order valence-electron chi connectivity index (χ1n) is 3.61. The molecule has 1 aliphatic heterocycles. The maximum absolute atomic E-state index is 10.3. The smallest absolute Gasteiger partial charge is 0.229 e. The molecule has 0 aromatic carbocycles. The van der Waals surface area contributed by atoms with Crippen molar-refractivity contribution in [2.45, 2.75) is 0 Å². The van der Waals surface area contributed by atoms with Crippen molar-refractivity contribution in [3.63, 3.8) is 0 Å². The van der Waals surface area contributed by atoms with Gasteiger partial charge in [0.25, 0.3) is 0 Å². The quantitative estimate of drug-likeness (QED) is 0.515. The monoisotopic (exact) mass is 180 g/mol. The lowest BCUT2D eigenvalue weighted by atomic mass is 10.2. The van der Waals surface area contributed by atoms with Gasteiger partial charge in [-0.3, -0.25) is 9.59 Å². The zero-order valence-electron chi connectivity index (χ0n) is 6.80. The van der Waals surface area contributed by atoms with E-state index >= 15 is 0 Å². The second-order valence-electron chi connectivity index (χ2n) is 2.19. The molecule has 0 N–H and O–H groups in total. The zero-order chi connectivity index (χ0) is 9.52. The van der Waals surface area contributed by atoms with Gasteiger partial charge in [0, 0.05) is 0 Å². The molecule has 2 aliphatic rings. The molecule has 0 fully saturated rings. The van der Waals surface area contributed by atoms with E-state index in [-0.39, 0.29) is 11.6 Å². The van der Waals surface area contributed by atoms with Crippen LogP contribution in [0.4, 0.5) is 0 Å². The van der Waals surface area contributed by atoms with Gasteiger partial charge in [0.1, 0.15) is 12.5 Å². The lowest BCUT2D eigenvalue weighted by Gasteiger charge is -1.87. The molecule has 1 heterocycles.